The third-order valence-corrected chi connectivity index (χ3v) is 4.49. The maximum Gasteiger partial charge on any atom is 0.228 e. The molecule has 0 aliphatic carbocycles. The van der Waals surface area contributed by atoms with Gasteiger partial charge in [-0.05, 0) is 37.0 Å². The largest absolute Gasteiger partial charge is 0.497 e. The molecule has 29 heavy (non-hydrogen) atoms. The minimum absolute atomic E-state index is 0. The zero-order chi connectivity index (χ0) is 20.4. The van der Waals surface area contributed by atoms with Crippen molar-refractivity contribution in [2.45, 2.75) is 52.4 Å². The summed E-state index contributed by atoms with van der Waals surface area (Å²) in [6.07, 6.45) is 1.65. The molecule has 0 bridgehead atoms. The normalized spacial score (nSPS) is 12.4. The van der Waals surface area contributed by atoms with Crippen molar-refractivity contribution < 1.29 is 9.26 Å². The van der Waals surface area contributed by atoms with Crippen LogP contribution in [-0.4, -0.2) is 42.8 Å². The van der Waals surface area contributed by atoms with Gasteiger partial charge in [-0.15, -0.1) is 24.0 Å². The van der Waals surface area contributed by atoms with Crippen LogP contribution in [0.3, 0.4) is 0 Å². The molecule has 0 aliphatic heterocycles. The number of nitrogens with one attached hydrogen (secondary N) is 2. The SMILES string of the molecule is CCNC(=NCCC(C)c1ccc(OC)cc1)NCCc1nc(C(C)C)no1.I. The minimum Gasteiger partial charge on any atom is -0.497 e. The lowest BCUT2D eigenvalue weighted by molar-refractivity contribution is 0.371. The Balaban J connectivity index is 0.00000420. The van der Waals surface area contributed by atoms with Crippen LogP contribution in [0.15, 0.2) is 33.8 Å². The quantitative estimate of drug-likeness (QED) is 0.282. The number of nitrogens with zero attached hydrogens (tertiary/aromatic N) is 3. The first-order valence-electron chi connectivity index (χ1n) is 10.0. The molecule has 7 nitrogen and oxygen atoms in total. The Bertz CT molecular complexity index is 731. The molecular weight excluding hydrogens is 481 g/mol. The fourth-order valence-electron chi connectivity index (χ4n) is 2.70. The van der Waals surface area contributed by atoms with E-state index in [1.54, 1.807) is 7.11 Å². The second-order valence-electron chi connectivity index (χ2n) is 7.10. The molecule has 0 spiro atoms. The topological polar surface area (TPSA) is 84.6 Å². The van der Waals surface area contributed by atoms with Gasteiger partial charge in [0.15, 0.2) is 11.8 Å². The van der Waals surface area contributed by atoms with Crippen molar-refractivity contribution in [3.05, 3.63) is 41.5 Å². The van der Waals surface area contributed by atoms with E-state index in [0.717, 1.165) is 37.0 Å². The third-order valence-electron chi connectivity index (χ3n) is 4.49. The first-order chi connectivity index (χ1) is 13.5. The predicted molar refractivity (Wildman–Crippen MR) is 128 cm³/mol. The number of aliphatic imine (C=N–C) groups is 1. The molecule has 2 N–H and O–H groups in total. The molecule has 1 heterocycles. The van der Waals surface area contributed by atoms with Crippen LogP contribution in [0.5, 0.6) is 5.75 Å². The van der Waals surface area contributed by atoms with Gasteiger partial charge < -0.3 is 19.9 Å². The number of methoxy groups -OCH3 is 1. The highest BCUT2D eigenvalue weighted by Gasteiger charge is 2.10. The molecule has 0 fully saturated rings. The fourth-order valence-corrected chi connectivity index (χ4v) is 2.70. The van der Waals surface area contributed by atoms with Crippen molar-refractivity contribution >= 4 is 29.9 Å². The summed E-state index contributed by atoms with van der Waals surface area (Å²) in [6, 6.07) is 8.24. The Hall–Kier alpha value is -1.84. The van der Waals surface area contributed by atoms with Crippen molar-refractivity contribution in [1.29, 1.82) is 0 Å². The molecule has 2 rings (SSSR count). The lowest BCUT2D eigenvalue weighted by atomic mass is 9.98. The Morgan fingerprint density at radius 2 is 1.90 bits per heavy atom. The molecule has 0 radical (unpaired) electrons. The van der Waals surface area contributed by atoms with Crippen LogP contribution in [0, 0.1) is 0 Å². The zero-order valence-corrected chi connectivity index (χ0v) is 20.4. The monoisotopic (exact) mass is 515 g/mol. The van der Waals surface area contributed by atoms with Crippen LogP contribution < -0.4 is 15.4 Å². The summed E-state index contributed by atoms with van der Waals surface area (Å²) in [7, 11) is 1.68. The van der Waals surface area contributed by atoms with Gasteiger partial charge in [0.25, 0.3) is 0 Å². The maximum absolute atomic E-state index is 5.28. The Morgan fingerprint density at radius 3 is 2.48 bits per heavy atom. The second-order valence-corrected chi connectivity index (χ2v) is 7.10. The molecule has 0 amide bonds. The number of benzene rings is 1. The average Bonchev–Trinajstić information content (AvgIpc) is 3.17. The predicted octanol–water partition coefficient (Wildman–Crippen LogP) is 4.11. The van der Waals surface area contributed by atoms with Crippen LogP contribution in [-0.2, 0) is 6.42 Å². The van der Waals surface area contributed by atoms with Crippen LogP contribution in [0.2, 0.25) is 0 Å². The van der Waals surface area contributed by atoms with Crippen molar-refractivity contribution in [3.8, 4) is 5.75 Å². The van der Waals surface area contributed by atoms with Crippen LogP contribution in [0.25, 0.3) is 0 Å². The summed E-state index contributed by atoms with van der Waals surface area (Å²) in [5.74, 6) is 3.81. The number of hydrogen-bond acceptors (Lipinski definition) is 5. The summed E-state index contributed by atoms with van der Waals surface area (Å²) in [5.41, 5.74) is 1.30. The molecule has 1 atom stereocenters. The summed E-state index contributed by atoms with van der Waals surface area (Å²) in [5, 5.41) is 10.6. The van der Waals surface area contributed by atoms with Gasteiger partial charge in [0.2, 0.25) is 5.89 Å². The summed E-state index contributed by atoms with van der Waals surface area (Å²) in [4.78, 5) is 9.08. The Morgan fingerprint density at radius 1 is 1.17 bits per heavy atom. The first-order valence-corrected chi connectivity index (χ1v) is 10.0. The molecule has 1 aromatic heterocycles. The van der Waals surface area contributed by atoms with E-state index >= 15 is 0 Å². The van der Waals surface area contributed by atoms with Crippen molar-refractivity contribution in [3.63, 3.8) is 0 Å². The van der Waals surface area contributed by atoms with Crippen molar-refractivity contribution in [2.75, 3.05) is 26.7 Å². The highest BCUT2D eigenvalue weighted by molar-refractivity contribution is 14.0. The molecule has 1 aromatic carbocycles. The van der Waals surface area contributed by atoms with E-state index in [-0.39, 0.29) is 29.9 Å². The first kappa shape index (κ1) is 25.2. The summed E-state index contributed by atoms with van der Waals surface area (Å²) in [6.45, 7) is 10.6. The molecule has 1 unspecified atom stereocenters. The maximum atomic E-state index is 5.28. The van der Waals surface area contributed by atoms with Crippen molar-refractivity contribution in [1.82, 2.24) is 20.8 Å². The molecule has 2 aromatic rings. The molecule has 0 saturated carbocycles. The summed E-state index contributed by atoms with van der Waals surface area (Å²) < 4.78 is 10.5. The van der Waals surface area contributed by atoms with E-state index in [1.165, 1.54) is 5.56 Å². The molecule has 162 valence electrons. The Kier molecular flexibility index (Phi) is 11.6. The highest BCUT2D eigenvalue weighted by Crippen LogP contribution is 2.21. The summed E-state index contributed by atoms with van der Waals surface area (Å²) >= 11 is 0. The van der Waals surface area contributed by atoms with Gasteiger partial charge in [-0.2, -0.15) is 4.98 Å². The minimum atomic E-state index is 0. The molecule has 0 saturated heterocycles. The average molecular weight is 515 g/mol. The second kappa shape index (κ2) is 13.4. The van der Waals surface area contributed by atoms with Crippen LogP contribution >= 0.6 is 24.0 Å². The van der Waals surface area contributed by atoms with Gasteiger partial charge in [-0.3, -0.25) is 4.99 Å². The van der Waals surface area contributed by atoms with E-state index in [2.05, 4.69) is 65.6 Å². The number of guanidine groups is 1. The standard InChI is InChI=1S/C21H33N5O2.HI/c1-6-22-21(24-14-12-19-25-20(15(2)3)26-28-19)23-13-11-16(4)17-7-9-18(27-5)10-8-17;/h7-10,15-16H,6,11-14H2,1-5H3,(H2,22,23,24);1H. The molecule has 0 aliphatic rings. The number of hydrogen-bond donors (Lipinski definition) is 2. The van der Waals surface area contributed by atoms with Crippen molar-refractivity contribution in [2.24, 2.45) is 4.99 Å². The molecule has 8 heteroatoms. The van der Waals surface area contributed by atoms with E-state index in [4.69, 9.17) is 9.26 Å². The van der Waals surface area contributed by atoms with Gasteiger partial charge in [-0.25, -0.2) is 0 Å². The third kappa shape index (κ3) is 8.59. The van der Waals surface area contributed by atoms with E-state index in [1.807, 2.05) is 12.1 Å². The fraction of sp³-hybridized carbons (Fsp3) is 0.571. The lowest BCUT2D eigenvalue weighted by Gasteiger charge is -2.13. The number of ether oxygens (including phenoxy) is 1. The number of aromatic nitrogens is 2. The lowest BCUT2D eigenvalue weighted by Crippen LogP contribution is -2.38. The van der Waals surface area contributed by atoms with E-state index < -0.39 is 0 Å². The van der Waals surface area contributed by atoms with Gasteiger partial charge in [0.1, 0.15) is 5.75 Å². The van der Waals surface area contributed by atoms with E-state index in [0.29, 0.717) is 24.8 Å². The van der Waals surface area contributed by atoms with Gasteiger partial charge >= 0.3 is 0 Å². The smallest absolute Gasteiger partial charge is 0.228 e. The number of halogens is 1. The number of rotatable bonds is 10. The molecular formula is C21H34IN5O2. The van der Waals surface area contributed by atoms with E-state index in [9.17, 15) is 0 Å². The van der Waals surface area contributed by atoms with Gasteiger partial charge in [0, 0.05) is 32.0 Å². The highest BCUT2D eigenvalue weighted by atomic mass is 127. The van der Waals surface area contributed by atoms with Gasteiger partial charge in [-0.1, -0.05) is 38.1 Å². The zero-order valence-electron chi connectivity index (χ0n) is 18.1. The Labute approximate surface area is 191 Å². The van der Waals surface area contributed by atoms with Crippen LogP contribution in [0.1, 0.15) is 63.2 Å². The van der Waals surface area contributed by atoms with Gasteiger partial charge in [0.05, 0.1) is 7.11 Å². The van der Waals surface area contributed by atoms with Crippen LogP contribution in [0.4, 0.5) is 0 Å².